The Bertz CT molecular complexity index is 721. The van der Waals surface area contributed by atoms with Crippen molar-refractivity contribution in [1.29, 1.82) is 0 Å². The van der Waals surface area contributed by atoms with E-state index in [1.165, 1.54) is 44.9 Å². The van der Waals surface area contributed by atoms with Gasteiger partial charge >= 0.3 is 0 Å². The van der Waals surface area contributed by atoms with Gasteiger partial charge in [0.1, 0.15) is 0 Å². The largest absolute Gasteiger partial charge is 0.350 e. The summed E-state index contributed by atoms with van der Waals surface area (Å²) in [4.78, 5) is 19.2. The summed E-state index contributed by atoms with van der Waals surface area (Å²) >= 11 is 6.64. The van der Waals surface area contributed by atoms with E-state index in [0.717, 1.165) is 71.0 Å². The zero-order valence-electron chi connectivity index (χ0n) is 22.1. The normalized spacial score (nSPS) is 35.8. The van der Waals surface area contributed by atoms with Gasteiger partial charge in [-0.25, -0.2) is 0 Å². The Balaban J connectivity index is 1.26. The number of hydrogen-bond acceptors (Lipinski definition) is 7. The molecule has 0 radical (unpaired) electrons. The average molecular weight is 524 g/mol. The van der Waals surface area contributed by atoms with Crippen LogP contribution in [0.25, 0.3) is 0 Å². The second kappa shape index (κ2) is 12.1. The summed E-state index contributed by atoms with van der Waals surface area (Å²) in [6.45, 7) is 7.01. The highest BCUT2D eigenvalue weighted by molar-refractivity contribution is 6.20. The average Bonchev–Trinajstić information content (AvgIpc) is 3.61. The number of piperazine rings is 1. The van der Waals surface area contributed by atoms with Gasteiger partial charge in [-0.15, -0.1) is 11.6 Å². The van der Waals surface area contributed by atoms with Gasteiger partial charge in [-0.05, 0) is 63.3 Å². The highest BCUT2D eigenvalue weighted by Crippen LogP contribution is 2.47. The molecule has 9 heteroatoms. The van der Waals surface area contributed by atoms with Gasteiger partial charge in [0.05, 0.1) is 18.1 Å². The van der Waals surface area contributed by atoms with Crippen molar-refractivity contribution in [2.75, 3.05) is 45.8 Å². The first-order valence-electron chi connectivity index (χ1n) is 14.8. The van der Waals surface area contributed by atoms with E-state index in [9.17, 15) is 4.79 Å². The minimum absolute atomic E-state index is 0.0105. The van der Waals surface area contributed by atoms with Crippen LogP contribution in [0.15, 0.2) is 0 Å². The van der Waals surface area contributed by atoms with Gasteiger partial charge in [-0.2, -0.15) is 0 Å². The van der Waals surface area contributed by atoms with E-state index < -0.39 is 12.1 Å². The second-order valence-electron chi connectivity index (χ2n) is 12.5. The quantitative estimate of drug-likeness (QED) is 0.262. The number of alkyl halides is 1. The molecule has 5 rings (SSSR count). The number of rotatable bonds is 6. The van der Waals surface area contributed by atoms with Gasteiger partial charge < -0.3 is 27.4 Å². The summed E-state index contributed by atoms with van der Waals surface area (Å²) in [5, 5.41) is 10.7. The van der Waals surface area contributed by atoms with Crippen molar-refractivity contribution in [3.8, 4) is 0 Å². The Kier molecular flexibility index (Phi) is 9.14. The molecule has 5 atom stereocenters. The smallest absolute Gasteiger partial charge is 0.227 e. The van der Waals surface area contributed by atoms with Crippen molar-refractivity contribution in [2.45, 2.75) is 106 Å². The van der Waals surface area contributed by atoms with Crippen molar-refractivity contribution in [3.63, 3.8) is 0 Å². The number of halogens is 1. The van der Waals surface area contributed by atoms with Crippen LogP contribution in [0.1, 0.15) is 70.6 Å². The summed E-state index contributed by atoms with van der Waals surface area (Å²) in [6, 6.07) is 1.24. The molecule has 8 nitrogen and oxygen atoms in total. The molecule has 1 amide bonds. The molecule has 206 valence electrons. The van der Waals surface area contributed by atoms with E-state index in [2.05, 4.69) is 25.8 Å². The third-order valence-corrected chi connectivity index (χ3v) is 10.3. The summed E-state index contributed by atoms with van der Waals surface area (Å²) in [5.74, 6) is -0.449. The van der Waals surface area contributed by atoms with Gasteiger partial charge in [0.2, 0.25) is 5.91 Å². The number of piperidine rings is 1. The highest BCUT2D eigenvalue weighted by Gasteiger charge is 2.43. The molecule has 1 spiro atoms. The molecule has 0 aromatic carbocycles. The highest BCUT2D eigenvalue weighted by atomic mass is 35.5. The van der Waals surface area contributed by atoms with E-state index in [4.69, 9.17) is 23.1 Å². The minimum Gasteiger partial charge on any atom is -0.350 e. The molecule has 3 saturated heterocycles. The number of nitrogens with two attached hydrogens (primary N) is 2. The standard InChI is InChI=1S/C27H50ClN7O/c28-19-4-3-10-27(8-1-2-9-27)16-21(32-17-19)24(25(29)30)26(36)33-22-18-31-11-7-23(22)35-14-12-34(13-15-35)20-5-6-20/h19-25,31-32H,1-18,29-30H2,(H,33,36). The Hall–Kier alpha value is -0.480. The Labute approximate surface area is 223 Å². The van der Waals surface area contributed by atoms with Gasteiger partial charge in [0.25, 0.3) is 0 Å². The van der Waals surface area contributed by atoms with Crippen molar-refractivity contribution in [2.24, 2.45) is 22.8 Å². The number of nitrogens with zero attached hydrogens (tertiary/aromatic N) is 2. The van der Waals surface area contributed by atoms with Crippen LogP contribution in [-0.4, -0.2) is 97.2 Å². The molecule has 7 N–H and O–H groups in total. The molecular weight excluding hydrogens is 474 g/mol. The Morgan fingerprint density at radius 3 is 2.33 bits per heavy atom. The van der Waals surface area contributed by atoms with Crippen molar-refractivity contribution in [1.82, 2.24) is 25.8 Å². The topological polar surface area (TPSA) is 112 Å². The van der Waals surface area contributed by atoms with Crippen LogP contribution in [-0.2, 0) is 4.79 Å². The Morgan fingerprint density at radius 1 is 0.944 bits per heavy atom. The molecule has 0 bridgehead atoms. The number of carbonyl (C=O) groups is 1. The lowest BCUT2D eigenvalue weighted by atomic mass is 9.73. The SMILES string of the molecule is NC(N)C(C(=O)NC1CNCCC1N1CCN(C2CC2)CC1)C1CC2(CCCC2)CCCC(Cl)CN1. The summed E-state index contributed by atoms with van der Waals surface area (Å²) in [6.07, 6.45) is 12.5. The van der Waals surface area contributed by atoms with Gasteiger partial charge in [-0.1, -0.05) is 19.3 Å². The molecule has 5 unspecified atom stereocenters. The monoisotopic (exact) mass is 523 g/mol. The fourth-order valence-electron chi connectivity index (χ4n) is 7.76. The van der Waals surface area contributed by atoms with Crippen LogP contribution in [0, 0.1) is 11.3 Å². The molecule has 2 aliphatic carbocycles. The second-order valence-corrected chi connectivity index (χ2v) is 13.1. The summed E-state index contributed by atoms with van der Waals surface area (Å²) < 4.78 is 0. The first-order valence-corrected chi connectivity index (χ1v) is 15.3. The van der Waals surface area contributed by atoms with Crippen LogP contribution < -0.4 is 27.4 Å². The molecule has 5 fully saturated rings. The van der Waals surface area contributed by atoms with E-state index in [1.807, 2.05) is 0 Å². The van der Waals surface area contributed by atoms with Crippen LogP contribution >= 0.6 is 11.6 Å². The molecule has 3 heterocycles. The van der Waals surface area contributed by atoms with Gasteiger partial charge in [0, 0.05) is 62.8 Å². The zero-order chi connectivity index (χ0) is 25.1. The van der Waals surface area contributed by atoms with Crippen LogP contribution in [0.4, 0.5) is 0 Å². The Morgan fingerprint density at radius 2 is 1.64 bits per heavy atom. The molecule has 2 saturated carbocycles. The predicted molar refractivity (Wildman–Crippen MR) is 146 cm³/mol. The lowest BCUT2D eigenvalue weighted by molar-refractivity contribution is -0.128. The molecular formula is C27H50ClN7O. The van der Waals surface area contributed by atoms with Crippen LogP contribution in [0.2, 0.25) is 0 Å². The fraction of sp³-hybridized carbons (Fsp3) is 0.963. The molecule has 36 heavy (non-hydrogen) atoms. The fourth-order valence-corrected chi connectivity index (χ4v) is 8.00. The van der Waals surface area contributed by atoms with Gasteiger partial charge in [-0.3, -0.25) is 14.6 Å². The van der Waals surface area contributed by atoms with Crippen molar-refractivity contribution in [3.05, 3.63) is 0 Å². The summed E-state index contributed by atoms with van der Waals surface area (Å²) in [5.41, 5.74) is 13.0. The van der Waals surface area contributed by atoms with Gasteiger partial charge in [0.15, 0.2) is 0 Å². The lowest BCUT2D eigenvalue weighted by Gasteiger charge is -2.45. The zero-order valence-corrected chi connectivity index (χ0v) is 22.9. The molecule has 5 aliphatic rings. The van der Waals surface area contributed by atoms with Crippen LogP contribution in [0.5, 0.6) is 0 Å². The number of nitrogens with one attached hydrogen (secondary N) is 3. The van der Waals surface area contributed by atoms with E-state index in [1.54, 1.807) is 0 Å². The number of carbonyl (C=O) groups excluding carboxylic acids is 1. The van der Waals surface area contributed by atoms with Crippen molar-refractivity contribution < 1.29 is 4.79 Å². The van der Waals surface area contributed by atoms with Crippen LogP contribution in [0.3, 0.4) is 0 Å². The maximum Gasteiger partial charge on any atom is 0.227 e. The number of amides is 1. The molecule has 0 aromatic rings. The van der Waals surface area contributed by atoms with E-state index in [-0.39, 0.29) is 23.4 Å². The lowest BCUT2D eigenvalue weighted by Crippen LogP contribution is -2.65. The van der Waals surface area contributed by atoms with E-state index in [0.29, 0.717) is 18.0 Å². The third kappa shape index (κ3) is 6.56. The maximum absolute atomic E-state index is 13.9. The third-order valence-electron chi connectivity index (χ3n) is 9.95. The first kappa shape index (κ1) is 27.1. The molecule has 0 aromatic heterocycles. The minimum atomic E-state index is -0.701. The molecule has 3 aliphatic heterocycles. The predicted octanol–water partition coefficient (Wildman–Crippen LogP) is 1.17. The van der Waals surface area contributed by atoms with E-state index >= 15 is 0 Å². The maximum atomic E-state index is 13.9. The summed E-state index contributed by atoms with van der Waals surface area (Å²) in [7, 11) is 0. The number of hydrogen-bond donors (Lipinski definition) is 5. The van der Waals surface area contributed by atoms with Crippen molar-refractivity contribution >= 4 is 17.5 Å². The first-order chi connectivity index (χ1) is 17.4.